The minimum atomic E-state index is -0.180. The van der Waals surface area contributed by atoms with Crippen LogP contribution in [-0.2, 0) is 16.1 Å². The van der Waals surface area contributed by atoms with Gasteiger partial charge in [0.15, 0.2) is 0 Å². The lowest BCUT2D eigenvalue weighted by molar-refractivity contribution is -0.121. The maximum absolute atomic E-state index is 12.3. The largest absolute Gasteiger partial charge is 0.489 e. The number of ether oxygens (including phenoxy) is 2. The van der Waals surface area contributed by atoms with Crippen molar-refractivity contribution in [3.05, 3.63) is 35.9 Å². The van der Waals surface area contributed by atoms with E-state index in [4.69, 9.17) is 9.47 Å². The zero-order valence-electron chi connectivity index (χ0n) is 15.9. The van der Waals surface area contributed by atoms with Crippen LogP contribution in [0.2, 0.25) is 0 Å². The Balaban J connectivity index is 1.60. The summed E-state index contributed by atoms with van der Waals surface area (Å²) in [5.74, 6) is 0.985. The van der Waals surface area contributed by atoms with Gasteiger partial charge < -0.3 is 25.0 Å². The highest BCUT2D eigenvalue weighted by atomic mass is 16.5. The number of carbonyl (C=O) groups excluding carboxylic acids is 2. The molecule has 2 aromatic rings. The number of fused-ring (bicyclic) bond motifs is 1. The van der Waals surface area contributed by atoms with Gasteiger partial charge in [0.2, 0.25) is 5.91 Å². The molecular formula is C18H24N6O4. The van der Waals surface area contributed by atoms with Crippen molar-refractivity contribution < 1.29 is 19.1 Å². The number of aromatic amines is 1. The number of amides is 2. The number of likely N-dealkylation sites (N-methyl/N-ethyl adjacent to an activating group) is 1. The molecule has 28 heavy (non-hydrogen) atoms. The highest BCUT2D eigenvalue weighted by Gasteiger charge is 2.27. The Morgan fingerprint density at radius 3 is 3.00 bits per heavy atom. The van der Waals surface area contributed by atoms with Crippen molar-refractivity contribution in [3.8, 4) is 5.75 Å². The second kappa shape index (κ2) is 9.18. The number of H-pyrrole nitrogens is 1. The molecule has 2 amide bonds. The number of anilines is 1. The van der Waals surface area contributed by atoms with Gasteiger partial charge in [-0.1, -0.05) is 0 Å². The van der Waals surface area contributed by atoms with Gasteiger partial charge in [0.05, 0.1) is 31.3 Å². The molecule has 1 aromatic carbocycles. The predicted octanol–water partition coefficient (Wildman–Crippen LogP) is 0.0846. The van der Waals surface area contributed by atoms with Crippen LogP contribution in [0.3, 0.4) is 0 Å². The number of hydrogen-bond acceptors (Lipinski definition) is 7. The van der Waals surface area contributed by atoms with Gasteiger partial charge in [-0.2, -0.15) is 5.10 Å². The fourth-order valence-corrected chi connectivity index (χ4v) is 2.90. The molecule has 0 spiro atoms. The molecule has 1 atom stereocenters. The minimum Gasteiger partial charge on any atom is -0.489 e. The number of carbonyl (C=O) groups is 2. The summed E-state index contributed by atoms with van der Waals surface area (Å²) < 4.78 is 10.7. The third-order valence-electron chi connectivity index (χ3n) is 4.51. The number of benzene rings is 1. The summed E-state index contributed by atoms with van der Waals surface area (Å²) in [6, 6.07) is 5.13. The summed E-state index contributed by atoms with van der Waals surface area (Å²) in [5.41, 5.74) is 1.31. The lowest BCUT2D eigenvalue weighted by atomic mass is 10.1. The third kappa shape index (κ3) is 4.77. The van der Waals surface area contributed by atoms with Gasteiger partial charge >= 0.3 is 0 Å². The third-order valence-corrected chi connectivity index (χ3v) is 4.51. The Morgan fingerprint density at radius 2 is 2.25 bits per heavy atom. The Morgan fingerprint density at radius 1 is 1.39 bits per heavy atom. The zero-order valence-corrected chi connectivity index (χ0v) is 15.9. The highest BCUT2D eigenvalue weighted by molar-refractivity contribution is 5.95. The predicted molar refractivity (Wildman–Crippen MR) is 101 cm³/mol. The van der Waals surface area contributed by atoms with Crippen molar-refractivity contribution >= 4 is 17.5 Å². The summed E-state index contributed by atoms with van der Waals surface area (Å²) in [6.07, 6.45) is 1.65. The van der Waals surface area contributed by atoms with E-state index >= 15 is 0 Å². The lowest BCUT2D eigenvalue weighted by Gasteiger charge is -2.35. The van der Waals surface area contributed by atoms with Crippen LogP contribution < -0.4 is 20.3 Å². The van der Waals surface area contributed by atoms with Crippen LogP contribution in [0.25, 0.3) is 0 Å². The standard InChI is InChI=1S/C18H24N6O4/c1-24-13(8-17(25)20-9-16-21-11-22-23-16)10-28-15-4-3-12(7-14(15)24)18(26)19-5-6-27-2/h3-4,7,11,13H,5-6,8-10H2,1-2H3,(H,19,26)(H,20,25)(H,21,22,23). The van der Waals surface area contributed by atoms with Crippen molar-refractivity contribution in [3.63, 3.8) is 0 Å². The summed E-state index contributed by atoms with van der Waals surface area (Å²) >= 11 is 0. The summed E-state index contributed by atoms with van der Waals surface area (Å²) in [4.78, 5) is 30.5. The Kier molecular flexibility index (Phi) is 6.43. The Hall–Kier alpha value is -3.14. The smallest absolute Gasteiger partial charge is 0.251 e. The minimum absolute atomic E-state index is 0.117. The molecule has 0 saturated heterocycles. The maximum atomic E-state index is 12.3. The molecular weight excluding hydrogens is 364 g/mol. The van der Waals surface area contributed by atoms with Crippen molar-refractivity contribution in [1.82, 2.24) is 25.8 Å². The molecule has 1 aliphatic rings. The molecule has 0 aliphatic carbocycles. The number of aromatic nitrogens is 3. The average molecular weight is 388 g/mol. The fourth-order valence-electron chi connectivity index (χ4n) is 2.90. The molecule has 0 saturated carbocycles. The van der Waals surface area contributed by atoms with E-state index in [0.29, 0.717) is 43.4 Å². The monoisotopic (exact) mass is 388 g/mol. The van der Waals surface area contributed by atoms with Gasteiger partial charge in [-0.05, 0) is 18.2 Å². The van der Waals surface area contributed by atoms with Crippen molar-refractivity contribution in [2.75, 3.05) is 38.8 Å². The molecule has 0 fully saturated rings. The summed E-state index contributed by atoms with van der Waals surface area (Å²) in [5, 5.41) is 12.0. The summed E-state index contributed by atoms with van der Waals surface area (Å²) in [6.45, 7) is 1.56. The summed E-state index contributed by atoms with van der Waals surface area (Å²) in [7, 11) is 3.47. The second-order valence-corrected chi connectivity index (χ2v) is 6.42. The number of hydrogen-bond donors (Lipinski definition) is 3. The van der Waals surface area contributed by atoms with E-state index in [1.165, 1.54) is 6.33 Å². The van der Waals surface area contributed by atoms with Crippen LogP contribution in [-0.4, -0.2) is 67.0 Å². The molecule has 10 nitrogen and oxygen atoms in total. The molecule has 3 N–H and O–H groups in total. The van der Waals surface area contributed by atoms with Gasteiger partial charge in [0.25, 0.3) is 5.91 Å². The number of nitrogens with one attached hydrogen (secondary N) is 3. The van der Waals surface area contributed by atoms with Crippen LogP contribution in [0.15, 0.2) is 24.5 Å². The average Bonchev–Trinajstić information content (AvgIpc) is 3.22. The second-order valence-electron chi connectivity index (χ2n) is 6.42. The SMILES string of the molecule is COCCNC(=O)c1ccc2c(c1)N(C)C(CC(=O)NCc1ncn[nH]1)CO2. The first-order chi connectivity index (χ1) is 13.6. The molecule has 10 heteroatoms. The molecule has 3 rings (SSSR count). The normalized spacial score (nSPS) is 15.5. The topological polar surface area (TPSA) is 121 Å². The molecule has 2 heterocycles. The van der Waals surface area contributed by atoms with Crippen molar-refractivity contribution in [2.24, 2.45) is 0 Å². The molecule has 1 aromatic heterocycles. The van der Waals surface area contributed by atoms with Gasteiger partial charge in [-0.25, -0.2) is 4.98 Å². The first-order valence-corrected chi connectivity index (χ1v) is 8.96. The van der Waals surface area contributed by atoms with Crippen LogP contribution in [0.1, 0.15) is 22.6 Å². The van der Waals surface area contributed by atoms with E-state index in [1.807, 2.05) is 11.9 Å². The number of nitrogens with zero attached hydrogens (tertiary/aromatic N) is 3. The quantitative estimate of drug-likeness (QED) is 0.548. The molecule has 0 bridgehead atoms. The van der Waals surface area contributed by atoms with Gasteiger partial charge in [-0.15, -0.1) is 0 Å². The molecule has 0 radical (unpaired) electrons. The van der Waals surface area contributed by atoms with Crippen LogP contribution in [0.5, 0.6) is 5.75 Å². The highest BCUT2D eigenvalue weighted by Crippen LogP contribution is 2.34. The Labute approximate surface area is 162 Å². The number of rotatable bonds is 8. The van der Waals surface area contributed by atoms with E-state index in [1.54, 1.807) is 25.3 Å². The fraction of sp³-hybridized carbons (Fsp3) is 0.444. The van der Waals surface area contributed by atoms with E-state index in [-0.39, 0.29) is 24.3 Å². The Bertz CT molecular complexity index is 810. The first kappa shape index (κ1) is 19.6. The van der Waals surface area contributed by atoms with E-state index in [9.17, 15) is 9.59 Å². The molecule has 1 unspecified atom stereocenters. The van der Waals surface area contributed by atoms with Crippen molar-refractivity contribution in [2.45, 2.75) is 19.0 Å². The zero-order chi connectivity index (χ0) is 19.9. The number of methoxy groups -OCH3 is 1. The molecule has 1 aliphatic heterocycles. The van der Waals surface area contributed by atoms with Crippen LogP contribution in [0, 0.1) is 0 Å². The molecule has 150 valence electrons. The maximum Gasteiger partial charge on any atom is 0.251 e. The van der Waals surface area contributed by atoms with Crippen LogP contribution >= 0.6 is 0 Å². The van der Waals surface area contributed by atoms with E-state index in [2.05, 4.69) is 25.8 Å². The van der Waals surface area contributed by atoms with Crippen molar-refractivity contribution in [1.29, 1.82) is 0 Å². The van der Waals surface area contributed by atoms with Gasteiger partial charge in [0, 0.05) is 26.3 Å². The van der Waals surface area contributed by atoms with E-state index < -0.39 is 0 Å². The lowest BCUT2D eigenvalue weighted by Crippen LogP contribution is -2.43. The van der Waals surface area contributed by atoms with Crippen LogP contribution in [0.4, 0.5) is 5.69 Å². The van der Waals surface area contributed by atoms with Gasteiger partial charge in [0.1, 0.15) is 24.5 Å². The first-order valence-electron chi connectivity index (χ1n) is 8.96. The van der Waals surface area contributed by atoms with E-state index in [0.717, 1.165) is 5.69 Å². The van der Waals surface area contributed by atoms with Gasteiger partial charge in [-0.3, -0.25) is 14.7 Å².